The number of amides is 3. The normalized spacial score (nSPS) is 14.8. The Hall–Kier alpha value is -4.67. The van der Waals surface area contributed by atoms with Crippen LogP contribution < -0.4 is 16.0 Å². The van der Waals surface area contributed by atoms with Crippen molar-refractivity contribution in [3.8, 4) is 0 Å². The van der Waals surface area contributed by atoms with E-state index in [-0.39, 0.29) is 18.2 Å². The highest BCUT2D eigenvalue weighted by Gasteiger charge is 2.30. The molecule has 0 saturated heterocycles. The van der Waals surface area contributed by atoms with Crippen molar-refractivity contribution < 1.29 is 23.9 Å². The molecule has 8 nitrogen and oxygen atoms in total. The molecule has 10 heteroatoms. The summed E-state index contributed by atoms with van der Waals surface area (Å²) in [5.74, 6) is -1.01. The third kappa shape index (κ3) is 8.81. The van der Waals surface area contributed by atoms with Gasteiger partial charge in [0.05, 0.1) is 17.4 Å². The number of thiophene rings is 1. The third-order valence-electron chi connectivity index (χ3n) is 7.92. The lowest BCUT2D eigenvalue weighted by molar-refractivity contribution is -0.115. The number of benzene rings is 3. The van der Waals surface area contributed by atoms with E-state index in [0.29, 0.717) is 27.7 Å². The maximum Gasteiger partial charge on any atom is 0.341 e. The number of hydrogen-bond donors (Lipinski definition) is 3. The molecule has 48 heavy (non-hydrogen) atoms. The number of esters is 1. The molecule has 1 aliphatic rings. The summed E-state index contributed by atoms with van der Waals surface area (Å²) >= 11 is 2.80. The molecule has 2 atom stereocenters. The van der Waals surface area contributed by atoms with Crippen LogP contribution in [0.3, 0.4) is 0 Å². The third-order valence-corrected chi connectivity index (χ3v) is 10.2. The zero-order chi connectivity index (χ0) is 34.2. The lowest BCUT2D eigenvalue weighted by Gasteiger charge is -2.18. The van der Waals surface area contributed by atoms with Gasteiger partial charge in [-0.05, 0) is 93.5 Å². The van der Waals surface area contributed by atoms with Crippen molar-refractivity contribution in [3.05, 3.63) is 117 Å². The van der Waals surface area contributed by atoms with Gasteiger partial charge >= 0.3 is 5.97 Å². The van der Waals surface area contributed by atoms with Gasteiger partial charge in [-0.15, -0.1) is 23.1 Å². The summed E-state index contributed by atoms with van der Waals surface area (Å²) in [6, 6.07) is 23.5. The summed E-state index contributed by atoms with van der Waals surface area (Å²) in [6.45, 7) is 8.00. The predicted molar refractivity (Wildman–Crippen MR) is 194 cm³/mol. The number of carbonyl (C=O) groups is 4. The molecular weight excluding hydrogens is 643 g/mol. The van der Waals surface area contributed by atoms with Gasteiger partial charge in [-0.1, -0.05) is 61.0 Å². The number of carbonyl (C=O) groups excluding carboxylic acids is 4. The van der Waals surface area contributed by atoms with E-state index in [1.807, 2.05) is 43.3 Å². The minimum absolute atomic E-state index is 0.0870. The summed E-state index contributed by atoms with van der Waals surface area (Å²) in [5, 5.41) is 8.69. The van der Waals surface area contributed by atoms with Gasteiger partial charge in [0.15, 0.2) is 0 Å². The Labute approximate surface area is 289 Å². The van der Waals surface area contributed by atoms with E-state index >= 15 is 0 Å². The van der Waals surface area contributed by atoms with Crippen molar-refractivity contribution in [1.29, 1.82) is 0 Å². The standard InChI is InChI=1S/C38H39N3O5S2/c1-5-46-38(45)33-30-19-16-24(3)20-32(30)48-37(33)41-34(42)25(4)47-29-13-9-12-28(22-29)39-36(44)31(21-26-17-14-23(2)15-18-26)40-35(43)27-10-7-6-8-11-27/h6-15,17-18,21-22,24-25H,5,16,19-20H2,1-4H3,(H,39,44)(H,40,43)(H,41,42)/b31-21-. The highest BCUT2D eigenvalue weighted by Crippen LogP contribution is 2.40. The number of fused-ring (bicyclic) bond motifs is 1. The summed E-state index contributed by atoms with van der Waals surface area (Å²) in [5.41, 5.74) is 4.33. The SMILES string of the molecule is CCOC(=O)c1c(NC(=O)C(C)Sc2cccc(NC(=O)/C(=C/c3ccc(C)cc3)NC(=O)c3ccccc3)c2)sc2c1CCC(C)C2. The first-order valence-corrected chi connectivity index (χ1v) is 17.7. The van der Waals surface area contributed by atoms with Gasteiger partial charge in [-0.3, -0.25) is 14.4 Å². The first kappa shape index (κ1) is 34.7. The maximum absolute atomic E-state index is 13.5. The van der Waals surface area contributed by atoms with Gasteiger partial charge in [0, 0.05) is 21.0 Å². The van der Waals surface area contributed by atoms with Crippen LogP contribution in [0, 0.1) is 12.8 Å². The highest BCUT2D eigenvalue weighted by molar-refractivity contribution is 8.00. The quantitative estimate of drug-likeness (QED) is 0.0843. The number of anilines is 2. The smallest absolute Gasteiger partial charge is 0.341 e. The minimum Gasteiger partial charge on any atom is -0.462 e. The van der Waals surface area contributed by atoms with E-state index in [4.69, 9.17) is 4.74 Å². The Balaban J connectivity index is 1.29. The average Bonchev–Trinajstić information content (AvgIpc) is 3.42. The van der Waals surface area contributed by atoms with Gasteiger partial charge in [0.25, 0.3) is 11.8 Å². The molecule has 3 aromatic carbocycles. The Bertz CT molecular complexity index is 1830. The number of nitrogens with one attached hydrogen (secondary N) is 3. The Morgan fingerprint density at radius 2 is 1.75 bits per heavy atom. The molecule has 4 aromatic rings. The molecule has 1 heterocycles. The zero-order valence-corrected chi connectivity index (χ0v) is 29.1. The van der Waals surface area contributed by atoms with E-state index < -0.39 is 23.0 Å². The Kier molecular flexibility index (Phi) is 11.5. The zero-order valence-electron chi connectivity index (χ0n) is 27.4. The van der Waals surface area contributed by atoms with Crippen LogP contribution in [0.25, 0.3) is 6.08 Å². The van der Waals surface area contributed by atoms with Crippen molar-refractivity contribution in [2.45, 2.75) is 57.1 Å². The van der Waals surface area contributed by atoms with Crippen LogP contribution in [0.15, 0.2) is 89.5 Å². The van der Waals surface area contributed by atoms with Crippen molar-refractivity contribution >= 4 is 63.6 Å². The molecule has 0 fully saturated rings. The lowest BCUT2D eigenvalue weighted by atomic mass is 9.88. The molecule has 0 bridgehead atoms. The molecule has 0 aliphatic heterocycles. The molecule has 3 amide bonds. The number of thioether (sulfide) groups is 1. The fourth-order valence-corrected chi connectivity index (χ4v) is 7.67. The predicted octanol–water partition coefficient (Wildman–Crippen LogP) is 7.89. The monoisotopic (exact) mass is 681 g/mol. The van der Waals surface area contributed by atoms with Crippen LogP contribution in [0.4, 0.5) is 10.7 Å². The van der Waals surface area contributed by atoms with Crippen LogP contribution in [0.5, 0.6) is 0 Å². The van der Waals surface area contributed by atoms with Crippen LogP contribution in [0.2, 0.25) is 0 Å². The summed E-state index contributed by atoms with van der Waals surface area (Å²) in [7, 11) is 0. The highest BCUT2D eigenvalue weighted by atomic mass is 32.2. The summed E-state index contributed by atoms with van der Waals surface area (Å²) in [6.07, 6.45) is 4.29. The molecule has 1 aromatic heterocycles. The molecule has 3 N–H and O–H groups in total. The van der Waals surface area contributed by atoms with Gasteiger partial charge in [-0.25, -0.2) is 4.79 Å². The number of hydrogen-bond acceptors (Lipinski definition) is 7. The van der Waals surface area contributed by atoms with Crippen molar-refractivity contribution in [2.75, 3.05) is 17.2 Å². The van der Waals surface area contributed by atoms with Gasteiger partial charge in [0.1, 0.15) is 10.7 Å². The summed E-state index contributed by atoms with van der Waals surface area (Å²) < 4.78 is 5.35. The Morgan fingerprint density at radius 3 is 2.48 bits per heavy atom. The molecule has 0 saturated carbocycles. The van der Waals surface area contributed by atoms with E-state index in [2.05, 4.69) is 22.9 Å². The second-order valence-corrected chi connectivity index (χ2v) is 14.3. The van der Waals surface area contributed by atoms with Gasteiger partial charge in [-0.2, -0.15) is 0 Å². The topological polar surface area (TPSA) is 114 Å². The largest absolute Gasteiger partial charge is 0.462 e. The minimum atomic E-state index is -0.508. The van der Waals surface area contributed by atoms with Gasteiger partial charge in [0.2, 0.25) is 5.91 Å². The first-order valence-electron chi connectivity index (χ1n) is 16.0. The fraction of sp³-hybridized carbons (Fsp3) is 0.263. The van der Waals surface area contributed by atoms with Crippen LogP contribution in [0.1, 0.15) is 69.5 Å². The molecule has 5 rings (SSSR count). The number of aryl methyl sites for hydroxylation is 1. The number of ether oxygens (including phenoxy) is 1. The van der Waals surface area contributed by atoms with Crippen molar-refractivity contribution in [2.24, 2.45) is 5.92 Å². The molecule has 2 unspecified atom stereocenters. The van der Waals surface area contributed by atoms with Crippen molar-refractivity contribution in [1.82, 2.24) is 5.32 Å². The second kappa shape index (κ2) is 16.0. The van der Waals surface area contributed by atoms with E-state index in [1.54, 1.807) is 62.4 Å². The van der Waals surface area contributed by atoms with Crippen LogP contribution >= 0.6 is 23.1 Å². The van der Waals surface area contributed by atoms with Gasteiger partial charge < -0.3 is 20.7 Å². The van der Waals surface area contributed by atoms with E-state index in [9.17, 15) is 19.2 Å². The van der Waals surface area contributed by atoms with E-state index in [0.717, 1.165) is 45.7 Å². The molecule has 0 spiro atoms. The molecule has 248 valence electrons. The Morgan fingerprint density at radius 1 is 1.00 bits per heavy atom. The summed E-state index contributed by atoms with van der Waals surface area (Å²) in [4.78, 5) is 54.7. The lowest BCUT2D eigenvalue weighted by Crippen LogP contribution is -2.30. The molecule has 1 aliphatic carbocycles. The molecule has 0 radical (unpaired) electrons. The van der Waals surface area contributed by atoms with E-state index in [1.165, 1.54) is 23.1 Å². The first-order chi connectivity index (χ1) is 23.1. The van der Waals surface area contributed by atoms with Crippen LogP contribution in [-0.4, -0.2) is 35.5 Å². The number of rotatable bonds is 11. The average molecular weight is 682 g/mol. The van der Waals surface area contributed by atoms with Crippen LogP contribution in [-0.2, 0) is 27.2 Å². The maximum atomic E-state index is 13.5. The molecular formula is C38H39N3O5S2. The van der Waals surface area contributed by atoms with Crippen molar-refractivity contribution in [3.63, 3.8) is 0 Å². The fourth-order valence-electron chi connectivity index (χ4n) is 5.35. The second-order valence-electron chi connectivity index (χ2n) is 11.8.